The van der Waals surface area contributed by atoms with E-state index in [9.17, 15) is 13.2 Å². The Labute approximate surface area is 165 Å². The minimum absolute atomic E-state index is 0.106. The summed E-state index contributed by atoms with van der Waals surface area (Å²) in [4.78, 5) is 13.8. The van der Waals surface area contributed by atoms with Crippen LogP contribution in [0.2, 0.25) is 5.02 Å². The summed E-state index contributed by atoms with van der Waals surface area (Å²) < 4.78 is 32.6. The molecule has 2 heterocycles. The molecule has 150 valence electrons. The zero-order valence-corrected chi connectivity index (χ0v) is 17.3. The van der Waals surface area contributed by atoms with E-state index in [1.54, 1.807) is 0 Å². The first-order valence-corrected chi connectivity index (χ1v) is 11.2. The molecular formula is C18H27ClN3O4S+. The van der Waals surface area contributed by atoms with E-state index in [4.69, 9.17) is 16.3 Å². The van der Waals surface area contributed by atoms with Crippen LogP contribution in [0.5, 0.6) is 0 Å². The molecule has 0 bridgehead atoms. The molecule has 1 amide bonds. The van der Waals surface area contributed by atoms with E-state index < -0.39 is 10.0 Å². The van der Waals surface area contributed by atoms with Crippen LogP contribution in [-0.2, 0) is 19.6 Å². The molecule has 0 unspecified atom stereocenters. The lowest BCUT2D eigenvalue weighted by molar-refractivity contribution is -0.907. The fourth-order valence-corrected chi connectivity index (χ4v) is 5.50. The van der Waals surface area contributed by atoms with Crippen LogP contribution in [0, 0.1) is 0 Å². The van der Waals surface area contributed by atoms with Crippen LogP contribution < -0.4 is 10.2 Å². The summed E-state index contributed by atoms with van der Waals surface area (Å²) in [6.07, 6.45) is 1.95. The number of hydrogen-bond acceptors (Lipinski definition) is 4. The van der Waals surface area contributed by atoms with Gasteiger partial charge in [-0.15, -0.1) is 0 Å². The number of hydrogen-bond donors (Lipinski definition) is 2. The Balaban J connectivity index is 1.70. The molecule has 2 N–H and O–H groups in total. The molecular weight excluding hydrogens is 390 g/mol. The number of rotatable bonds is 5. The van der Waals surface area contributed by atoms with E-state index in [0.29, 0.717) is 23.8 Å². The maximum atomic E-state index is 12.7. The van der Waals surface area contributed by atoms with Gasteiger partial charge in [-0.3, -0.25) is 4.79 Å². The van der Waals surface area contributed by atoms with Gasteiger partial charge >= 0.3 is 0 Å². The largest absolute Gasteiger partial charge is 0.364 e. The van der Waals surface area contributed by atoms with Crippen molar-refractivity contribution in [3.63, 3.8) is 0 Å². The molecule has 7 nitrogen and oxygen atoms in total. The molecule has 2 aliphatic rings. The quantitative estimate of drug-likeness (QED) is 0.742. The Morgan fingerprint density at radius 3 is 2.52 bits per heavy atom. The third kappa shape index (κ3) is 5.00. The van der Waals surface area contributed by atoms with Gasteiger partial charge in [-0.1, -0.05) is 11.6 Å². The molecule has 2 atom stereocenters. The molecule has 27 heavy (non-hydrogen) atoms. The van der Waals surface area contributed by atoms with E-state index in [1.807, 2.05) is 13.8 Å². The highest BCUT2D eigenvalue weighted by Crippen LogP contribution is 2.28. The molecule has 1 aromatic carbocycles. The molecule has 3 rings (SSSR count). The molecule has 2 aliphatic heterocycles. The zero-order chi connectivity index (χ0) is 19.6. The SMILES string of the molecule is C[C@H]1C[NH+](CC(=O)Nc2cc(S(=O)(=O)N3CCCC3)ccc2Cl)C[C@H](C)O1. The van der Waals surface area contributed by atoms with Crippen LogP contribution in [0.1, 0.15) is 26.7 Å². The monoisotopic (exact) mass is 416 g/mol. The molecule has 0 spiro atoms. The van der Waals surface area contributed by atoms with Crippen molar-refractivity contribution in [1.82, 2.24) is 4.31 Å². The summed E-state index contributed by atoms with van der Waals surface area (Å²) in [7, 11) is -3.55. The molecule has 0 radical (unpaired) electrons. The predicted octanol–water partition coefficient (Wildman–Crippen LogP) is 0.755. The Bertz CT molecular complexity index is 786. The van der Waals surface area contributed by atoms with Crippen molar-refractivity contribution in [2.75, 3.05) is 38.0 Å². The highest BCUT2D eigenvalue weighted by molar-refractivity contribution is 7.89. The third-order valence-electron chi connectivity index (χ3n) is 4.94. The third-order valence-corrected chi connectivity index (χ3v) is 7.17. The van der Waals surface area contributed by atoms with Crippen molar-refractivity contribution < 1.29 is 22.8 Å². The maximum absolute atomic E-state index is 12.7. The number of quaternary nitrogens is 1. The van der Waals surface area contributed by atoms with Crippen LogP contribution in [0.25, 0.3) is 0 Å². The molecule has 1 aromatic rings. The second-order valence-corrected chi connectivity index (χ2v) is 9.74. The smallest absolute Gasteiger partial charge is 0.279 e. The summed E-state index contributed by atoms with van der Waals surface area (Å²) in [5.74, 6) is -0.191. The van der Waals surface area contributed by atoms with Crippen molar-refractivity contribution in [1.29, 1.82) is 0 Å². The summed E-state index contributed by atoms with van der Waals surface area (Å²) in [5, 5.41) is 3.10. The normalized spacial score (nSPS) is 26.9. The summed E-state index contributed by atoms with van der Waals surface area (Å²) in [6.45, 7) is 6.86. The second-order valence-electron chi connectivity index (χ2n) is 7.39. The van der Waals surface area contributed by atoms with E-state index in [-0.39, 0.29) is 29.6 Å². The van der Waals surface area contributed by atoms with Gasteiger partial charge in [0, 0.05) is 13.1 Å². The highest BCUT2D eigenvalue weighted by Gasteiger charge is 2.29. The maximum Gasteiger partial charge on any atom is 0.279 e. The average molecular weight is 417 g/mol. The fourth-order valence-electron chi connectivity index (χ4n) is 3.79. The molecule has 2 fully saturated rings. The Hall–Kier alpha value is -1.19. The Kier molecular flexibility index (Phi) is 6.43. The van der Waals surface area contributed by atoms with E-state index >= 15 is 0 Å². The Morgan fingerprint density at radius 1 is 1.26 bits per heavy atom. The van der Waals surface area contributed by atoms with Gasteiger partial charge in [0.1, 0.15) is 25.3 Å². The first-order valence-electron chi connectivity index (χ1n) is 9.34. The van der Waals surface area contributed by atoms with Gasteiger partial charge < -0.3 is 15.0 Å². The van der Waals surface area contributed by atoms with Crippen LogP contribution in [0.3, 0.4) is 0 Å². The van der Waals surface area contributed by atoms with Crippen LogP contribution in [-0.4, -0.2) is 63.6 Å². The van der Waals surface area contributed by atoms with E-state index in [2.05, 4.69) is 5.32 Å². The number of carbonyl (C=O) groups excluding carboxylic acids is 1. The molecule has 0 aliphatic carbocycles. The van der Waals surface area contributed by atoms with E-state index in [1.165, 1.54) is 22.5 Å². The fraction of sp³-hybridized carbons (Fsp3) is 0.611. The van der Waals surface area contributed by atoms with Crippen molar-refractivity contribution in [2.45, 2.75) is 43.8 Å². The average Bonchev–Trinajstić information content (AvgIpc) is 3.11. The lowest BCUT2D eigenvalue weighted by atomic mass is 10.2. The number of benzene rings is 1. The van der Waals surface area contributed by atoms with Crippen molar-refractivity contribution in [2.24, 2.45) is 0 Å². The summed E-state index contributed by atoms with van der Waals surface area (Å²) in [5.41, 5.74) is 0.329. The minimum Gasteiger partial charge on any atom is -0.364 e. The lowest BCUT2D eigenvalue weighted by Gasteiger charge is -2.31. The van der Waals surface area contributed by atoms with Crippen LogP contribution in [0.15, 0.2) is 23.1 Å². The first-order chi connectivity index (χ1) is 12.8. The van der Waals surface area contributed by atoms with Gasteiger partial charge in [0.05, 0.1) is 15.6 Å². The molecule has 0 saturated carbocycles. The summed E-state index contributed by atoms with van der Waals surface area (Å²) in [6, 6.07) is 4.46. The van der Waals surface area contributed by atoms with Gasteiger partial charge in [0.2, 0.25) is 10.0 Å². The van der Waals surface area contributed by atoms with Gasteiger partial charge in [0.15, 0.2) is 6.54 Å². The number of ether oxygens (including phenoxy) is 1. The number of sulfonamides is 1. The minimum atomic E-state index is -3.55. The highest BCUT2D eigenvalue weighted by atomic mass is 35.5. The number of nitrogens with zero attached hydrogens (tertiary/aromatic N) is 1. The van der Waals surface area contributed by atoms with Crippen molar-refractivity contribution >= 4 is 33.2 Å². The van der Waals surface area contributed by atoms with Crippen molar-refractivity contribution in [3.8, 4) is 0 Å². The first kappa shape index (κ1) is 20.5. The van der Waals surface area contributed by atoms with E-state index in [0.717, 1.165) is 30.8 Å². The van der Waals surface area contributed by atoms with Gasteiger partial charge in [-0.25, -0.2) is 8.42 Å². The van der Waals surface area contributed by atoms with Gasteiger partial charge in [-0.2, -0.15) is 4.31 Å². The number of halogens is 1. The number of amides is 1. The topological polar surface area (TPSA) is 80.2 Å². The molecule has 0 aromatic heterocycles. The Morgan fingerprint density at radius 2 is 1.89 bits per heavy atom. The number of carbonyl (C=O) groups is 1. The second kappa shape index (κ2) is 8.45. The van der Waals surface area contributed by atoms with Gasteiger partial charge in [0.25, 0.3) is 5.91 Å². The van der Waals surface area contributed by atoms with Crippen LogP contribution in [0.4, 0.5) is 5.69 Å². The number of nitrogens with one attached hydrogen (secondary N) is 2. The summed E-state index contributed by atoms with van der Waals surface area (Å²) >= 11 is 6.19. The van der Waals surface area contributed by atoms with Gasteiger partial charge in [-0.05, 0) is 44.9 Å². The van der Waals surface area contributed by atoms with Crippen molar-refractivity contribution in [3.05, 3.63) is 23.2 Å². The van der Waals surface area contributed by atoms with Crippen LogP contribution >= 0.6 is 11.6 Å². The lowest BCUT2D eigenvalue weighted by Crippen LogP contribution is -3.16. The zero-order valence-electron chi connectivity index (χ0n) is 15.7. The standard InChI is InChI=1S/C18H26ClN3O4S/c1-13-10-21(11-14(2)26-13)12-18(23)20-17-9-15(5-6-16(17)19)27(24,25)22-7-3-4-8-22/h5-6,9,13-14H,3-4,7-8,10-12H2,1-2H3,(H,20,23)/p+1/t13-,14-/m0/s1. The predicted molar refractivity (Wildman–Crippen MR) is 104 cm³/mol. The molecule has 9 heteroatoms. The number of anilines is 1. The number of morpholine rings is 1. The molecule has 2 saturated heterocycles.